The lowest BCUT2D eigenvalue weighted by Gasteiger charge is -2.06. The standard InChI is InChI=1S/C14H24N2O3/c1-17-11-12-19-9-4-8-18-10-7-15-13-14-5-2-3-6-16-14/h2-3,5-6,15H,4,7-13H2,1H3. The maximum absolute atomic E-state index is 5.48. The van der Waals surface area contributed by atoms with E-state index in [1.807, 2.05) is 18.2 Å². The highest BCUT2D eigenvalue weighted by Crippen LogP contribution is 1.91. The predicted octanol–water partition coefficient (Wildman–Crippen LogP) is 1.24. The van der Waals surface area contributed by atoms with Crippen molar-refractivity contribution >= 4 is 0 Å². The molecule has 0 radical (unpaired) electrons. The molecule has 1 aromatic heterocycles. The number of ether oxygens (including phenoxy) is 3. The van der Waals surface area contributed by atoms with E-state index in [-0.39, 0.29) is 0 Å². The third-order valence-corrected chi connectivity index (χ3v) is 2.46. The molecule has 0 aliphatic rings. The van der Waals surface area contributed by atoms with Gasteiger partial charge in [0.05, 0.1) is 25.5 Å². The molecule has 0 spiro atoms. The Balaban J connectivity index is 1.79. The summed E-state index contributed by atoms with van der Waals surface area (Å²) in [6.45, 7) is 5.10. The predicted molar refractivity (Wildman–Crippen MR) is 74.1 cm³/mol. The molecule has 0 fully saturated rings. The molecule has 0 amide bonds. The topological polar surface area (TPSA) is 52.6 Å². The number of pyridine rings is 1. The van der Waals surface area contributed by atoms with Gasteiger partial charge in [-0.3, -0.25) is 4.98 Å². The SMILES string of the molecule is COCCOCCCOCCNCc1ccccn1. The lowest BCUT2D eigenvalue weighted by Crippen LogP contribution is -2.20. The fourth-order valence-corrected chi connectivity index (χ4v) is 1.47. The zero-order valence-corrected chi connectivity index (χ0v) is 11.6. The van der Waals surface area contributed by atoms with E-state index >= 15 is 0 Å². The summed E-state index contributed by atoms with van der Waals surface area (Å²) in [5.74, 6) is 0. The molecule has 0 atom stereocenters. The maximum atomic E-state index is 5.48. The molecule has 0 bridgehead atoms. The Bertz CT molecular complexity index is 296. The smallest absolute Gasteiger partial charge is 0.0700 e. The van der Waals surface area contributed by atoms with Crippen molar-refractivity contribution in [2.24, 2.45) is 0 Å². The van der Waals surface area contributed by atoms with Gasteiger partial charge in [0.15, 0.2) is 0 Å². The first kappa shape index (κ1) is 16.0. The summed E-state index contributed by atoms with van der Waals surface area (Å²) in [4.78, 5) is 4.23. The van der Waals surface area contributed by atoms with E-state index in [4.69, 9.17) is 14.2 Å². The molecular weight excluding hydrogens is 244 g/mol. The van der Waals surface area contributed by atoms with Gasteiger partial charge < -0.3 is 19.5 Å². The second-order valence-electron chi connectivity index (χ2n) is 4.07. The minimum Gasteiger partial charge on any atom is -0.382 e. The van der Waals surface area contributed by atoms with E-state index in [9.17, 15) is 0 Å². The fraction of sp³-hybridized carbons (Fsp3) is 0.643. The molecule has 0 aromatic carbocycles. The first-order valence-corrected chi connectivity index (χ1v) is 6.68. The molecule has 108 valence electrons. The fourth-order valence-electron chi connectivity index (χ4n) is 1.47. The summed E-state index contributed by atoms with van der Waals surface area (Å²) < 4.78 is 15.7. The molecule has 1 aromatic rings. The van der Waals surface area contributed by atoms with Gasteiger partial charge in [0, 0.05) is 39.6 Å². The Morgan fingerprint density at radius 2 is 1.89 bits per heavy atom. The molecule has 0 aliphatic heterocycles. The molecule has 0 saturated carbocycles. The summed E-state index contributed by atoms with van der Waals surface area (Å²) in [5.41, 5.74) is 1.05. The lowest BCUT2D eigenvalue weighted by molar-refractivity contribution is 0.0518. The summed E-state index contributed by atoms with van der Waals surface area (Å²) in [6, 6.07) is 5.91. The lowest BCUT2D eigenvalue weighted by atomic mass is 10.3. The number of aromatic nitrogens is 1. The van der Waals surface area contributed by atoms with E-state index in [1.54, 1.807) is 13.3 Å². The van der Waals surface area contributed by atoms with E-state index in [2.05, 4.69) is 10.3 Å². The Labute approximate surface area is 115 Å². The molecule has 1 heterocycles. The molecule has 5 heteroatoms. The molecule has 5 nitrogen and oxygen atoms in total. The zero-order valence-electron chi connectivity index (χ0n) is 11.6. The van der Waals surface area contributed by atoms with Crippen LogP contribution in [0.15, 0.2) is 24.4 Å². The van der Waals surface area contributed by atoms with Crippen molar-refractivity contribution in [3.05, 3.63) is 30.1 Å². The number of hydrogen-bond acceptors (Lipinski definition) is 5. The number of hydrogen-bond donors (Lipinski definition) is 1. The number of methoxy groups -OCH3 is 1. The van der Waals surface area contributed by atoms with Gasteiger partial charge in [-0.1, -0.05) is 6.07 Å². The third kappa shape index (κ3) is 9.55. The largest absolute Gasteiger partial charge is 0.382 e. The third-order valence-electron chi connectivity index (χ3n) is 2.46. The minimum atomic E-state index is 0.651. The highest BCUT2D eigenvalue weighted by atomic mass is 16.5. The van der Waals surface area contributed by atoms with E-state index < -0.39 is 0 Å². The first-order chi connectivity index (χ1) is 9.43. The van der Waals surface area contributed by atoms with Gasteiger partial charge in [-0.05, 0) is 18.6 Å². The maximum Gasteiger partial charge on any atom is 0.0700 e. The van der Waals surface area contributed by atoms with Crippen LogP contribution in [0, 0.1) is 0 Å². The van der Waals surface area contributed by atoms with Crippen molar-refractivity contribution in [1.29, 1.82) is 0 Å². The van der Waals surface area contributed by atoms with Crippen LogP contribution >= 0.6 is 0 Å². The van der Waals surface area contributed by atoms with E-state index in [0.29, 0.717) is 19.8 Å². The molecule has 1 N–H and O–H groups in total. The first-order valence-electron chi connectivity index (χ1n) is 6.68. The average molecular weight is 268 g/mol. The molecule has 0 saturated heterocycles. The van der Waals surface area contributed by atoms with Gasteiger partial charge in [0.2, 0.25) is 0 Å². The molecule has 0 aliphatic carbocycles. The molecule has 1 rings (SSSR count). The summed E-state index contributed by atoms with van der Waals surface area (Å²) in [5, 5.41) is 3.29. The molecule has 0 unspecified atom stereocenters. The second kappa shape index (κ2) is 12.0. The van der Waals surface area contributed by atoms with Crippen LogP contribution in [0.5, 0.6) is 0 Å². The van der Waals surface area contributed by atoms with Gasteiger partial charge in [0.25, 0.3) is 0 Å². The Hall–Kier alpha value is -1.01. The van der Waals surface area contributed by atoms with Gasteiger partial charge >= 0.3 is 0 Å². The number of nitrogens with zero attached hydrogens (tertiary/aromatic N) is 1. The van der Waals surface area contributed by atoms with Crippen molar-refractivity contribution in [3.63, 3.8) is 0 Å². The highest BCUT2D eigenvalue weighted by Gasteiger charge is 1.93. The van der Waals surface area contributed by atoms with Crippen molar-refractivity contribution in [1.82, 2.24) is 10.3 Å². The van der Waals surface area contributed by atoms with Crippen LogP contribution in [-0.4, -0.2) is 51.7 Å². The van der Waals surface area contributed by atoms with Crippen LogP contribution in [0.2, 0.25) is 0 Å². The van der Waals surface area contributed by atoms with Crippen molar-refractivity contribution in [2.75, 3.05) is 46.7 Å². The van der Waals surface area contributed by atoms with Gasteiger partial charge in [0.1, 0.15) is 0 Å². The minimum absolute atomic E-state index is 0.651. The zero-order chi connectivity index (χ0) is 13.6. The van der Waals surface area contributed by atoms with Crippen molar-refractivity contribution < 1.29 is 14.2 Å². The van der Waals surface area contributed by atoms with Crippen LogP contribution in [0.1, 0.15) is 12.1 Å². The monoisotopic (exact) mass is 268 g/mol. The number of rotatable bonds is 12. The summed E-state index contributed by atoms with van der Waals surface area (Å²) >= 11 is 0. The Morgan fingerprint density at radius 1 is 1.05 bits per heavy atom. The second-order valence-corrected chi connectivity index (χ2v) is 4.07. The number of nitrogens with one attached hydrogen (secondary N) is 1. The van der Waals surface area contributed by atoms with Crippen molar-refractivity contribution in [2.45, 2.75) is 13.0 Å². The summed E-state index contributed by atoms with van der Waals surface area (Å²) in [7, 11) is 1.67. The van der Waals surface area contributed by atoms with Gasteiger partial charge in [-0.25, -0.2) is 0 Å². The van der Waals surface area contributed by atoms with Gasteiger partial charge in [-0.2, -0.15) is 0 Å². The van der Waals surface area contributed by atoms with Crippen molar-refractivity contribution in [3.8, 4) is 0 Å². The van der Waals surface area contributed by atoms with Crippen LogP contribution in [0.4, 0.5) is 0 Å². The van der Waals surface area contributed by atoms with Crippen LogP contribution in [0.25, 0.3) is 0 Å². The van der Waals surface area contributed by atoms with Crippen LogP contribution in [-0.2, 0) is 20.8 Å². The van der Waals surface area contributed by atoms with E-state index in [0.717, 1.165) is 38.4 Å². The van der Waals surface area contributed by atoms with Gasteiger partial charge in [-0.15, -0.1) is 0 Å². The van der Waals surface area contributed by atoms with Crippen LogP contribution < -0.4 is 5.32 Å². The molecule has 19 heavy (non-hydrogen) atoms. The van der Waals surface area contributed by atoms with E-state index in [1.165, 1.54) is 0 Å². The summed E-state index contributed by atoms with van der Waals surface area (Å²) in [6.07, 6.45) is 2.72. The van der Waals surface area contributed by atoms with Crippen LogP contribution in [0.3, 0.4) is 0 Å². The quantitative estimate of drug-likeness (QED) is 0.578. The Morgan fingerprint density at radius 3 is 2.63 bits per heavy atom. The average Bonchev–Trinajstić information content (AvgIpc) is 2.46. The normalized spacial score (nSPS) is 10.8. The molecular formula is C14H24N2O3. The highest BCUT2D eigenvalue weighted by molar-refractivity contribution is 5.02. The Kier molecular flexibility index (Phi) is 10.2.